The zero-order valence-electron chi connectivity index (χ0n) is 10.8. The molecule has 0 aliphatic carbocycles. The number of carboxylic acids is 1. The Morgan fingerprint density at radius 2 is 2.22 bits per heavy atom. The van der Waals surface area contributed by atoms with Gasteiger partial charge in [0, 0.05) is 26.1 Å². The summed E-state index contributed by atoms with van der Waals surface area (Å²) < 4.78 is 5.19. The molecule has 0 aromatic rings. The van der Waals surface area contributed by atoms with Gasteiger partial charge in [0.2, 0.25) is 5.91 Å². The Bertz CT molecular complexity index is 316. The number of carbonyl (C=O) groups excluding carboxylic acids is 1. The third-order valence-electron chi connectivity index (χ3n) is 3.20. The van der Waals surface area contributed by atoms with Crippen LogP contribution < -0.4 is 0 Å². The molecule has 18 heavy (non-hydrogen) atoms. The molecule has 1 rings (SSSR count). The van der Waals surface area contributed by atoms with Crippen molar-refractivity contribution in [3.05, 3.63) is 12.7 Å². The Morgan fingerprint density at radius 1 is 1.50 bits per heavy atom. The average Bonchev–Trinajstić information content (AvgIpc) is 2.71. The Morgan fingerprint density at radius 3 is 2.78 bits per heavy atom. The summed E-state index contributed by atoms with van der Waals surface area (Å²) in [6.45, 7) is 7.32. The van der Waals surface area contributed by atoms with Crippen LogP contribution in [0.5, 0.6) is 0 Å². The molecule has 1 N–H and O–H groups in total. The van der Waals surface area contributed by atoms with E-state index < -0.39 is 11.9 Å². The van der Waals surface area contributed by atoms with Gasteiger partial charge in [-0.05, 0) is 12.3 Å². The molecule has 2 atom stereocenters. The Labute approximate surface area is 107 Å². The van der Waals surface area contributed by atoms with E-state index in [0.29, 0.717) is 39.1 Å². The van der Waals surface area contributed by atoms with Crippen molar-refractivity contribution in [2.24, 2.45) is 11.8 Å². The van der Waals surface area contributed by atoms with E-state index in [9.17, 15) is 9.59 Å². The van der Waals surface area contributed by atoms with Gasteiger partial charge in [0.25, 0.3) is 0 Å². The smallest absolute Gasteiger partial charge is 0.308 e. The number of amides is 1. The van der Waals surface area contributed by atoms with E-state index in [1.54, 1.807) is 11.0 Å². The lowest BCUT2D eigenvalue weighted by Gasteiger charge is -2.15. The Kier molecular flexibility index (Phi) is 5.85. The average molecular weight is 255 g/mol. The number of ether oxygens (including phenoxy) is 1. The normalized spacial score (nSPS) is 23.1. The number of aliphatic carboxylic acids is 1. The van der Waals surface area contributed by atoms with Crippen LogP contribution in [0.4, 0.5) is 0 Å². The maximum atomic E-state index is 11.8. The minimum absolute atomic E-state index is 0.0211. The summed E-state index contributed by atoms with van der Waals surface area (Å²) in [5.41, 5.74) is 0. The molecule has 1 aliphatic heterocycles. The van der Waals surface area contributed by atoms with Gasteiger partial charge in [-0.1, -0.05) is 13.0 Å². The number of carboxylic acid groups (broad SMARTS) is 1. The van der Waals surface area contributed by atoms with Gasteiger partial charge in [-0.25, -0.2) is 0 Å². The molecule has 0 spiro atoms. The molecule has 0 saturated carbocycles. The van der Waals surface area contributed by atoms with Gasteiger partial charge in [-0.15, -0.1) is 6.58 Å². The molecule has 1 aliphatic rings. The minimum atomic E-state index is -0.813. The third kappa shape index (κ3) is 4.14. The van der Waals surface area contributed by atoms with Crippen LogP contribution in [0.2, 0.25) is 0 Å². The van der Waals surface area contributed by atoms with E-state index in [2.05, 4.69) is 6.58 Å². The highest BCUT2D eigenvalue weighted by molar-refractivity contribution is 5.78. The second-order valence-corrected chi connectivity index (χ2v) is 4.69. The summed E-state index contributed by atoms with van der Waals surface area (Å²) in [6.07, 6.45) is 2.74. The molecule has 1 heterocycles. The predicted molar refractivity (Wildman–Crippen MR) is 67.1 cm³/mol. The van der Waals surface area contributed by atoms with Gasteiger partial charge in [0.05, 0.1) is 12.5 Å². The molecule has 5 heteroatoms. The first-order valence-electron chi connectivity index (χ1n) is 6.25. The second kappa shape index (κ2) is 7.16. The van der Waals surface area contributed by atoms with Crippen LogP contribution in [0.25, 0.3) is 0 Å². The molecule has 0 aromatic heterocycles. The standard InChI is InChI=1S/C13H21NO4/c1-3-6-18-7-4-5-12(15)14-8-10(2)11(9-14)13(16)17/h3,10-11H,1,4-9H2,2H3,(H,16,17)/t10-,11-/m1/s1. The number of hydrogen-bond donors (Lipinski definition) is 1. The monoisotopic (exact) mass is 255 g/mol. The molecule has 0 unspecified atom stereocenters. The van der Waals surface area contributed by atoms with Crippen LogP contribution >= 0.6 is 0 Å². The first kappa shape index (κ1) is 14.7. The van der Waals surface area contributed by atoms with E-state index >= 15 is 0 Å². The number of carbonyl (C=O) groups is 2. The summed E-state index contributed by atoms with van der Waals surface area (Å²) in [7, 11) is 0. The molecule has 1 saturated heterocycles. The molecule has 0 radical (unpaired) electrons. The van der Waals surface area contributed by atoms with E-state index in [1.807, 2.05) is 6.92 Å². The fourth-order valence-electron chi connectivity index (χ4n) is 2.14. The van der Waals surface area contributed by atoms with E-state index in [4.69, 9.17) is 9.84 Å². The van der Waals surface area contributed by atoms with Gasteiger partial charge in [0.15, 0.2) is 0 Å². The SMILES string of the molecule is C=CCOCCCC(=O)N1C[C@@H](C)[C@H](C(=O)O)C1. The number of rotatable bonds is 7. The van der Waals surface area contributed by atoms with E-state index in [1.165, 1.54) is 0 Å². The lowest BCUT2D eigenvalue weighted by molar-refractivity contribution is -0.142. The summed E-state index contributed by atoms with van der Waals surface area (Å²) in [6, 6.07) is 0. The van der Waals surface area contributed by atoms with Crippen molar-refractivity contribution in [3.8, 4) is 0 Å². The quantitative estimate of drug-likeness (QED) is 0.547. The van der Waals surface area contributed by atoms with Crippen molar-refractivity contribution in [2.45, 2.75) is 19.8 Å². The fraction of sp³-hybridized carbons (Fsp3) is 0.692. The maximum Gasteiger partial charge on any atom is 0.308 e. The van der Waals surface area contributed by atoms with Gasteiger partial charge in [-0.3, -0.25) is 9.59 Å². The topological polar surface area (TPSA) is 66.8 Å². The highest BCUT2D eigenvalue weighted by Gasteiger charge is 2.36. The maximum absolute atomic E-state index is 11.8. The van der Waals surface area contributed by atoms with Gasteiger partial charge < -0.3 is 14.7 Å². The van der Waals surface area contributed by atoms with Crippen LogP contribution in [-0.2, 0) is 14.3 Å². The Hall–Kier alpha value is -1.36. The predicted octanol–water partition coefficient (Wildman–Crippen LogP) is 1.15. The van der Waals surface area contributed by atoms with E-state index in [0.717, 1.165) is 0 Å². The molecule has 5 nitrogen and oxygen atoms in total. The second-order valence-electron chi connectivity index (χ2n) is 4.69. The first-order chi connectivity index (χ1) is 8.56. The zero-order valence-corrected chi connectivity index (χ0v) is 10.8. The van der Waals surface area contributed by atoms with Crippen molar-refractivity contribution >= 4 is 11.9 Å². The molecule has 1 amide bonds. The molecular weight excluding hydrogens is 234 g/mol. The number of likely N-dealkylation sites (tertiary alicyclic amines) is 1. The molecule has 0 aromatic carbocycles. The van der Waals surface area contributed by atoms with Crippen molar-refractivity contribution < 1.29 is 19.4 Å². The highest BCUT2D eigenvalue weighted by Crippen LogP contribution is 2.23. The number of hydrogen-bond acceptors (Lipinski definition) is 3. The fourth-order valence-corrected chi connectivity index (χ4v) is 2.14. The molecule has 102 valence electrons. The minimum Gasteiger partial charge on any atom is -0.481 e. The van der Waals surface area contributed by atoms with E-state index in [-0.39, 0.29) is 11.8 Å². The summed E-state index contributed by atoms with van der Waals surface area (Å²) in [5, 5.41) is 8.99. The lowest BCUT2D eigenvalue weighted by Crippen LogP contribution is -2.29. The van der Waals surface area contributed by atoms with Crippen LogP contribution in [0.1, 0.15) is 19.8 Å². The number of nitrogens with zero attached hydrogens (tertiary/aromatic N) is 1. The zero-order chi connectivity index (χ0) is 13.5. The van der Waals surface area contributed by atoms with Crippen LogP contribution in [0.3, 0.4) is 0 Å². The van der Waals surface area contributed by atoms with Gasteiger partial charge in [-0.2, -0.15) is 0 Å². The van der Waals surface area contributed by atoms with Crippen LogP contribution in [0.15, 0.2) is 12.7 Å². The largest absolute Gasteiger partial charge is 0.481 e. The summed E-state index contributed by atoms with van der Waals surface area (Å²) >= 11 is 0. The van der Waals surface area contributed by atoms with Gasteiger partial charge in [0.1, 0.15) is 0 Å². The Balaban J connectivity index is 2.27. The van der Waals surface area contributed by atoms with Crippen molar-refractivity contribution in [1.29, 1.82) is 0 Å². The third-order valence-corrected chi connectivity index (χ3v) is 3.20. The summed E-state index contributed by atoms with van der Waals surface area (Å²) in [5.74, 6) is -1.19. The molecule has 1 fully saturated rings. The molecule has 0 bridgehead atoms. The summed E-state index contributed by atoms with van der Waals surface area (Å²) in [4.78, 5) is 24.4. The van der Waals surface area contributed by atoms with Crippen molar-refractivity contribution in [3.63, 3.8) is 0 Å². The van der Waals surface area contributed by atoms with Crippen LogP contribution in [-0.4, -0.2) is 48.2 Å². The highest BCUT2D eigenvalue weighted by atomic mass is 16.5. The van der Waals surface area contributed by atoms with Crippen molar-refractivity contribution in [2.75, 3.05) is 26.3 Å². The van der Waals surface area contributed by atoms with Crippen LogP contribution in [0, 0.1) is 11.8 Å². The van der Waals surface area contributed by atoms with Gasteiger partial charge >= 0.3 is 5.97 Å². The first-order valence-corrected chi connectivity index (χ1v) is 6.25. The lowest BCUT2D eigenvalue weighted by atomic mass is 9.99. The molecular formula is C13H21NO4. The van der Waals surface area contributed by atoms with Crippen molar-refractivity contribution in [1.82, 2.24) is 4.90 Å².